The lowest BCUT2D eigenvalue weighted by Gasteiger charge is -2.19. The van der Waals surface area contributed by atoms with Crippen LogP contribution in [-0.2, 0) is 4.79 Å². The van der Waals surface area contributed by atoms with Crippen LogP contribution in [0.4, 0.5) is 0 Å². The average molecular weight is 288 g/mol. The second-order valence-electron chi connectivity index (χ2n) is 4.18. The van der Waals surface area contributed by atoms with E-state index in [1.54, 1.807) is 6.07 Å². The van der Waals surface area contributed by atoms with E-state index in [4.69, 9.17) is 31.9 Å². The van der Waals surface area contributed by atoms with E-state index in [0.29, 0.717) is 22.9 Å². The summed E-state index contributed by atoms with van der Waals surface area (Å²) in [6, 6.07) is 1.29. The highest BCUT2D eigenvalue weighted by atomic mass is 35.5. The number of carboxylic acids is 1. The molecule has 1 aromatic rings. The molecule has 19 heavy (non-hydrogen) atoms. The largest absolute Gasteiger partial charge is 0.493 e. The first kappa shape index (κ1) is 15.6. The molecule has 0 bridgehead atoms. The third-order valence-electron chi connectivity index (χ3n) is 2.96. The zero-order valence-electron chi connectivity index (χ0n) is 11.2. The van der Waals surface area contributed by atoms with Gasteiger partial charge in [0.2, 0.25) is 0 Å². The van der Waals surface area contributed by atoms with Gasteiger partial charge in [-0.15, -0.1) is 0 Å². The van der Waals surface area contributed by atoms with Gasteiger partial charge in [-0.3, -0.25) is 4.79 Å². The van der Waals surface area contributed by atoms with Gasteiger partial charge in [-0.05, 0) is 30.5 Å². The SMILES string of the molecule is COc1c(Cl)cc(C(N)CCC(=O)O)c(C)c1OC. The van der Waals surface area contributed by atoms with Crippen LogP contribution in [0, 0.1) is 6.92 Å². The molecule has 1 rings (SSSR count). The molecule has 0 amide bonds. The molecule has 1 unspecified atom stereocenters. The highest BCUT2D eigenvalue weighted by molar-refractivity contribution is 6.32. The summed E-state index contributed by atoms with van der Waals surface area (Å²) in [6.45, 7) is 1.84. The Morgan fingerprint density at radius 2 is 2.00 bits per heavy atom. The number of carbonyl (C=O) groups is 1. The average Bonchev–Trinajstić information content (AvgIpc) is 2.37. The van der Waals surface area contributed by atoms with Gasteiger partial charge in [0.15, 0.2) is 11.5 Å². The zero-order valence-corrected chi connectivity index (χ0v) is 12.0. The van der Waals surface area contributed by atoms with Gasteiger partial charge >= 0.3 is 5.97 Å². The van der Waals surface area contributed by atoms with Crippen LogP contribution in [0.5, 0.6) is 11.5 Å². The van der Waals surface area contributed by atoms with Crippen LogP contribution in [-0.4, -0.2) is 25.3 Å². The first-order valence-electron chi connectivity index (χ1n) is 5.80. The van der Waals surface area contributed by atoms with Crippen molar-refractivity contribution in [1.82, 2.24) is 0 Å². The minimum Gasteiger partial charge on any atom is -0.493 e. The quantitative estimate of drug-likeness (QED) is 0.840. The highest BCUT2D eigenvalue weighted by Crippen LogP contribution is 2.41. The molecule has 0 aliphatic carbocycles. The van der Waals surface area contributed by atoms with Crippen molar-refractivity contribution in [2.75, 3.05) is 14.2 Å². The summed E-state index contributed by atoms with van der Waals surface area (Å²) in [4.78, 5) is 10.6. The number of aliphatic carboxylic acids is 1. The number of halogens is 1. The van der Waals surface area contributed by atoms with Crippen molar-refractivity contribution in [1.29, 1.82) is 0 Å². The number of nitrogens with two attached hydrogens (primary N) is 1. The standard InChI is InChI=1S/C13H18ClNO4/c1-7-8(10(15)4-5-11(16)17)6-9(14)13(19-3)12(7)18-2/h6,10H,4-5,15H2,1-3H3,(H,16,17). The molecular formula is C13H18ClNO4. The van der Waals surface area contributed by atoms with E-state index >= 15 is 0 Å². The summed E-state index contributed by atoms with van der Waals surface area (Å²) < 4.78 is 10.5. The van der Waals surface area contributed by atoms with E-state index in [1.807, 2.05) is 6.92 Å². The molecule has 0 aromatic heterocycles. The summed E-state index contributed by atoms with van der Waals surface area (Å²) in [5, 5.41) is 9.08. The van der Waals surface area contributed by atoms with Crippen molar-refractivity contribution in [3.8, 4) is 11.5 Å². The van der Waals surface area contributed by atoms with Crippen LogP contribution in [0.1, 0.15) is 30.0 Å². The Kier molecular flexibility index (Phi) is 5.44. The van der Waals surface area contributed by atoms with Crippen molar-refractivity contribution < 1.29 is 19.4 Å². The van der Waals surface area contributed by atoms with Gasteiger partial charge < -0.3 is 20.3 Å². The maximum atomic E-state index is 10.6. The minimum absolute atomic E-state index is 0.00652. The lowest BCUT2D eigenvalue weighted by molar-refractivity contribution is -0.137. The van der Waals surface area contributed by atoms with E-state index in [-0.39, 0.29) is 6.42 Å². The molecule has 0 saturated heterocycles. The number of rotatable bonds is 6. The van der Waals surface area contributed by atoms with Gasteiger partial charge in [0.1, 0.15) is 0 Å². The fraction of sp³-hybridized carbons (Fsp3) is 0.462. The predicted molar refractivity (Wildman–Crippen MR) is 73.1 cm³/mol. The molecule has 5 nitrogen and oxygen atoms in total. The number of ether oxygens (including phenoxy) is 2. The summed E-state index contributed by atoms with van der Waals surface area (Å²) in [7, 11) is 3.03. The monoisotopic (exact) mass is 287 g/mol. The lowest BCUT2D eigenvalue weighted by Crippen LogP contribution is -2.14. The van der Waals surface area contributed by atoms with E-state index in [0.717, 1.165) is 11.1 Å². The van der Waals surface area contributed by atoms with Crippen molar-refractivity contribution >= 4 is 17.6 Å². The van der Waals surface area contributed by atoms with Gasteiger partial charge in [-0.25, -0.2) is 0 Å². The number of carboxylic acid groups (broad SMARTS) is 1. The smallest absolute Gasteiger partial charge is 0.303 e. The second-order valence-corrected chi connectivity index (χ2v) is 4.59. The Morgan fingerprint density at radius 3 is 2.47 bits per heavy atom. The Morgan fingerprint density at radius 1 is 1.42 bits per heavy atom. The molecule has 0 fully saturated rings. The molecular weight excluding hydrogens is 270 g/mol. The van der Waals surface area contributed by atoms with Crippen molar-refractivity contribution in [2.24, 2.45) is 5.73 Å². The number of methoxy groups -OCH3 is 2. The third kappa shape index (κ3) is 3.52. The van der Waals surface area contributed by atoms with Crippen LogP contribution in [0.3, 0.4) is 0 Å². The molecule has 3 N–H and O–H groups in total. The van der Waals surface area contributed by atoms with Crippen molar-refractivity contribution in [3.05, 3.63) is 22.2 Å². The van der Waals surface area contributed by atoms with Gasteiger partial charge in [0, 0.05) is 12.5 Å². The zero-order chi connectivity index (χ0) is 14.6. The topological polar surface area (TPSA) is 81.8 Å². The molecule has 106 valence electrons. The van der Waals surface area contributed by atoms with Gasteiger partial charge in [-0.2, -0.15) is 0 Å². The number of benzene rings is 1. The lowest BCUT2D eigenvalue weighted by atomic mass is 9.97. The molecule has 0 spiro atoms. The predicted octanol–water partition coefficient (Wildman–Crippen LogP) is 2.53. The summed E-state index contributed by atoms with van der Waals surface area (Å²) in [5.74, 6) is 0.103. The van der Waals surface area contributed by atoms with Crippen LogP contribution in [0.2, 0.25) is 5.02 Å². The van der Waals surface area contributed by atoms with E-state index in [2.05, 4.69) is 0 Å². The van der Waals surface area contributed by atoms with Crippen molar-refractivity contribution in [3.63, 3.8) is 0 Å². The third-order valence-corrected chi connectivity index (χ3v) is 3.24. The summed E-state index contributed by atoms with van der Waals surface area (Å²) in [6.07, 6.45) is 0.342. The molecule has 1 atom stereocenters. The Hall–Kier alpha value is -1.46. The Labute approximate surface area is 117 Å². The van der Waals surface area contributed by atoms with Crippen LogP contribution < -0.4 is 15.2 Å². The van der Waals surface area contributed by atoms with E-state index in [1.165, 1.54) is 14.2 Å². The van der Waals surface area contributed by atoms with Crippen LogP contribution in [0.15, 0.2) is 6.07 Å². The minimum atomic E-state index is -0.875. The summed E-state index contributed by atoms with van der Waals surface area (Å²) in [5.41, 5.74) is 7.58. The van der Waals surface area contributed by atoms with Crippen LogP contribution in [0.25, 0.3) is 0 Å². The van der Waals surface area contributed by atoms with E-state index < -0.39 is 12.0 Å². The fourth-order valence-corrected chi connectivity index (χ4v) is 2.26. The van der Waals surface area contributed by atoms with Crippen molar-refractivity contribution in [2.45, 2.75) is 25.8 Å². The Bertz CT molecular complexity index is 476. The molecule has 0 heterocycles. The summed E-state index contributed by atoms with van der Waals surface area (Å²) >= 11 is 6.12. The van der Waals surface area contributed by atoms with Gasteiger partial charge in [-0.1, -0.05) is 11.6 Å². The molecule has 1 aromatic carbocycles. The number of hydrogen-bond acceptors (Lipinski definition) is 4. The first-order valence-corrected chi connectivity index (χ1v) is 6.18. The number of hydrogen-bond donors (Lipinski definition) is 2. The molecule has 0 radical (unpaired) electrons. The normalized spacial score (nSPS) is 12.1. The fourth-order valence-electron chi connectivity index (χ4n) is 1.98. The maximum Gasteiger partial charge on any atom is 0.303 e. The first-order chi connectivity index (χ1) is 8.92. The molecule has 6 heteroatoms. The second kappa shape index (κ2) is 6.63. The highest BCUT2D eigenvalue weighted by Gasteiger charge is 2.20. The molecule has 0 saturated carbocycles. The Balaban J connectivity index is 3.15. The van der Waals surface area contributed by atoms with Gasteiger partial charge in [0.05, 0.1) is 19.2 Å². The van der Waals surface area contributed by atoms with Crippen LogP contribution >= 0.6 is 11.6 Å². The molecule has 0 aliphatic heterocycles. The maximum absolute atomic E-state index is 10.6. The van der Waals surface area contributed by atoms with Gasteiger partial charge in [0.25, 0.3) is 0 Å². The molecule has 0 aliphatic rings. The van der Waals surface area contributed by atoms with E-state index in [9.17, 15) is 4.79 Å².